The van der Waals surface area contributed by atoms with Gasteiger partial charge in [0.15, 0.2) is 11.5 Å². The van der Waals surface area contributed by atoms with Crippen molar-refractivity contribution in [1.29, 1.82) is 0 Å². The molecule has 3 amide bonds. The zero-order valence-electron chi connectivity index (χ0n) is 15.4. The molecule has 1 saturated heterocycles. The average Bonchev–Trinajstić information content (AvgIpc) is 2.69. The molecule has 1 heterocycles. The van der Waals surface area contributed by atoms with Crippen LogP contribution in [0.15, 0.2) is 40.9 Å². The molecule has 0 unspecified atom stereocenters. The van der Waals surface area contributed by atoms with Crippen LogP contribution in [-0.2, 0) is 9.59 Å². The summed E-state index contributed by atoms with van der Waals surface area (Å²) in [6.45, 7) is 1.38. The fraction of sp³-hybridized carbons (Fsp3) is 0.211. The van der Waals surface area contributed by atoms with Crippen LogP contribution in [0.1, 0.15) is 28.9 Å². The number of aromatic hydroxyl groups is 1. The minimum absolute atomic E-state index is 0.0807. The predicted molar refractivity (Wildman–Crippen MR) is 110 cm³/mol. The van der Waals surface area contributed by atoms with Gasteiger partial charge in [-0.3, -0.25) is 19.8 Å². The van der Waals surface area contributed by atoms with Crippen LogP contribution >= 0.6 is 27.5 Å². The van der Waals surface area contributed by atoms with Crippen LogP contribution in [0.25, 0.3) is 0 Å². The van der Waals surface area contributed by atoms with E-state index in [0.717, 1.165) is 5.01 Å². The second-order valence-corrected chi connectivity index (χ2v) is 7.63. The van der Waals surface area contributed by atoms with E-state index in [0.29, 0.717) is 21.3 Å². The highest BCUT2D eigenvalue weighted by Gasteiger charge is 2.48. The number of alkyl halides is 1. The number of halogens is 2. The van der Waals surface area contributed by atoms with Crippen molar-refractivity contribution in [3.63, 3.8) is 0 Å². The van der Waals surface area contributed by atoms with Crippen LogP contribution in [0, 0.1) is 0 Å². The summed E-state index contributed by atoms with van der Waals surface area (Å²) in [6, 6.07) is 8.73. The standard InChI is InChI=1S/C19H17BrClN3O5/c1-9(25)22-12-5-3-10(4-6-12)18(27)23-24-16(15(21)19(24)28)11-7-13(20)17(26)14(8-11)29-2/h3-8,15-16,26H,1-2H3,(H,22,25)(H,23,27)/t15-,16-/m1/s1. The number of β-lactam (4-membered cyclic amide) rings is 1. The molecule has 1 fully saturated rings. The van der Waals surface area contributed by atoms with Crippen molar-refractivity contribution >= 4 is 50.9 Å². The van der Waals surface area contributed by atoms with Gasteiger partial charge < -0.3 is 15.2 Å². The van der Waals surface area contributed by atoms with Crippen molar-refractivity contribution in [2.45, 2.75) is 18.3 Å². The van der Waals surface area contributed by atoms with Gasteiger partial charge in [0.25, 0.3) is 11.8 Å². The summed E-state index contributed by atoms with van der Waals surface area (Å²) in [6.07, 6.45) is 0. The number of hydrogen-bond acceptors (Lipinski definition) is 5. The summed E-state index contributed by atoms with van der Waals surface area (Å²) in [7, 11) is 1.40. The molecular weight excluding hydrogens is 466 g/mol. The van der Waals surface area contributed by atoms with Crippen molar-refractivity contribution in [2.75, 3.05) is 12.4 Å². The lowest BCUT2D eigenvalue weighted by Gasteiger charge is -2.44. The zero-order chi connectivity index (χ0) is 21.3. The van der Waals surface area contributed by atoms with Crippen molar-refractivity contribution in [3.05, 3.63) is 52.0 Å². The Balaban J connectivity index is 1.79. The molecule has 0 radical (unpaired) electrons. The third-order valence-electron chi connectivity index (χ3n) is 4.33. The van der Waals surface area contributed by atoms with Crippen LogP contribution in [0.2, 0.25) is 0 Å². The molecule has 2 aromatic carbocycles. The lowest BCUT2D eigenvalue weighted by molar-refractivity contribution is -0.149. The van der Waals surface area contributed by atoms with Crippen LogP contribution < -0.4 is 15.5 Å². The predicted octanol–water partition coefficient (Wildman–Crippen LogP) is 2.96. The highest BCUT2D eigenvalue weighted by Crippen LogP contribution is 2.43. The van der Waals surface area contributed by atoms with E-state index in [4.69, 9.17) is 16.3 Å². The minimum atomic E-state index is -0.876. The van der Waals surface area contributed by atoms with Crippen molar-refractivity contribution in [1.82, 2.24) is 10.4 Å². The lowest BCUT2D eigenvalue weighted by atomic mass is 9.95. The van der Waals surface area contributed by atoms with E-state index in [1.807, 2.05) is 0 Å². The summed E-state index contributed by atoms with van der Waals surface area (Å²) in [5, 5.41) is 12.8. The number of anilines is 1. The number of hydrogen-bond donors (Lipinski definition) is 3. The molecule has 3 rings (SSSR count). The number of hydrazine groups is 1. The number of phenols is 1. The quantitative estimate of drug-likeness (QED) is 0.449. The minimum Gasteiger partial charge on any atom is -0.503 e. The van der Waals surface area contributed by atoms with Crippen molar-refractivity contribution in [2.24, 2.45) is 0 Å². The van der Waals surface area contributed by atoms with E-state index in [2.05, 4.69) is 26.7 Å². The molecule has 0 spiro atoms. The summed E-state index contributed by atoms with van der Waals surface area (Å²) < 4.78 is 5.50. The van der Waals surface area contributed by atoms with Crippen molar-refractivity contribution < 1.29 is 24.2 Å². The molecule has 2 aromatic rings. The highest BCUT2D eigenvalue weighted by atomic mass is 79.9. The fourth-order valence-corrected chi connectivity index (χ4v) is 3.72. The summed E-state index contributed by atoms with van der Waals surface area (Å²) in [4.78, 5) is 35.9. The lowest BCUT2D eigenvalue weighted by Crippen LogP contribution is -2.63. The number of carbonyl (C=O) groups is 3. The Morgan fingerprint density at radius 1 is 1.24 bits per heavy atom. The van der Waals surface area contributed by atoms with Crippen LogP contribution in [0.5, 0.6) is 11.5 Å². The largest absolute Gasteiger partial charge is 0.503 e. The number of nitrogens with zero attached hydrogens (tertiary/aromatic N) is 1. The fourth-order valence-electron chi connectivity index (χ4n) is 2.90. The van der Waals surface area contributed by atoms with Gasteiger partial charge in [-0.25, -0.2) is 5.01 Å². The van der Waals surface area contributed by atoms with Gasteiger partial charge in [-0.15, -0.1) is 11.6 Å². The summed E-state index contributed by atoms with van der Waals surface area (Å²) in [5.74, 6) is -1.06. The van der Waals surface area contributed by atoms with Gasteiger partial charge in [-0.1, -0.05) is 0 Å². The summed E-state index contributed by atoms with van der Waals surface area (Å²) >= 11 is 9.41. The first-order valence-corrected chi connectivity index (χ1v) is 9.68. The monoisotopic (exact) mass is 481 g/mol. The number of phenolic OH excluding ortho intramolecular Hbond substituents is 1. The topological polar surface area (TPSA) is 108 Å². The van der Waals surface area contributed by atoms with Gasteiger partial charge in [0, 0.05) is 18.2 Å². The Kier molecular flexibility index (Phi) is 5.99. The van der Waals surface area contributed by atoms with E-state index in [1.54, 1.807) is 24.3 Å². The second kappa shape index (κ2) is 8.30. The number of rotatable bonds is 5. The maximum absolute atomic E-state index is 12.5. The first kappa shape index (κ1) is 20.9. The zero-order valence-corrected chi connectivity index (χ0v) is 17.7. The average molecular weight is 483 g/mol. The first-order chi connectivity index (χ1) is 13.7. The van der Waals surface area contributed by atoms with Gasteiger partial charge in [0.1, 0.15) is 11.4 Å². The smallest absolute Gasteiger partial charge is 0.269 e. The molecule has 29 heavy (non-hydrogen) atoms. The van der Waals surface area contributed by atoms with Crippen LogP contribution in [0.4, 0.5) is 5.69 Å². The van der Waals surface area contributed by atoms with E-state index >= 15 is 0 Å². The molecule has 8 nitrogen and oxygen atoms in total. The molecule has 0 saturated carbocycles. The van der Waals surface area contributed by atoms with Gasteiger partial charge in [-0.05, 0) is 57.9 Å². The number of amides is 3. The maximum Gasteiger partial charge on any atom is 0.269 e. The normalized spacial score (nSPS) is 18.1. The van der Waals surface area contributed by atoms with Gasteiger partial charge in [0.2, 0.25) is 5.91 Å². The number of methoxy groups -OCH3 is 1. The SMILES string of the molecule is COc1cc([C@@H]2[C@@H](Cl)C(=O)N2NC(=O)c2ccc(NC(C)=O)cc2)cc(Br)c1O. The van der Waals surface area contributed by atoms with Gasteiger partial charge in [-0.2, -0.15) is 0 Å². The molecule has 152 valence electrons. The van der Waals surface area contributed by atoms with Crippen molar-refractivity contribution in [3.8, 4) is 11.5 Å². The molecule has 2 atom stereocenters. The van der Waals surface area contributed by atoms with Crippen LogP contribution in [-0.4, -0.2) is 40.3 Å². The number of carbonyl (C=O) groups excluding carboxylic acids is 3. The Labute approximate surface area is 179 Å². The van der Waals surface area contributed by atoms with Crippen LogP contribution in [0.3, 0.4) is 0 Å². The Morgan fingerprint density at radius 2 is 1.90 bits per heavy atom. The molecule has 0 aromatic heterocycles. The van der Waals surface area contributed by atoms with E-state index in [9.17, 15) is 19.5 Å². The Hall–Kier alpha value is -2.78. The third-order valence-corrected chi connectivity index (χ3v) is 5.36. The third kappa shape index (κ3) is 4.15. The van der Waals surface area contributed by atoms with Gasteiger partial charge in [0.05, 0.1) is 11.6 Å². The Bertz CT molecular complexity index is 983. The summed E-state index contributed by atoms with van der Waals surface area (Å²) in [5.41, 5.74) is 3.97. The number of ether oxygens (including phenoxy) is 1. The molecule has 10 heteroatoms. The second-order valence-electron chi connectivity index (χ2n) is 6.31. The van der Waals surface area contributed by atoms with E-state index in [-0.39, 0.29) is 17.4 Å². The molecule has 3 N–H and O–H groups in total. The Morgan fingerprint density at radius 3 is 2.48 bits per heavy atom. The molecule has 1 aliphatic heterocycles. The van der Waals surface area contributed by atoms with E-state index in [1.165, 1.54) is 26.2 Å². The van der Waals surface area contributed by atoms with E-state index < -0.39 is 23.2 Å². The maximum atomic E-state index is 12.5. The molecule has 1 aliphatic rings. The highest BCUT2D eigenvalue weighted by molar-refractivity contribution is 9.10. The first-order valence-electron chi connectivity index (χ1n) is 8.45. The molecule has 0 bridgehead atoms. The number of nitrogens with one attached hydrogen (secondary N) is 2. The van der Waals surface area contributed by atoms with Gasteiger partial charge >= 0.3 is 0 Å². The number of benzene rings is 2. The molecule has 0 aliphatic carbocycles. The molecular formula is C19H17BrClN3O5.